The van der Waals surface area contributed by atoms with Crippen molar-refractivity contribution in [3.8, 4) is 0 Å². The Labute approximate surface area is 432 Å². The zero-order chi connectivity index (χ0) is 54.7. The van der Waals surface area contributed by atoms with Crippen molar-refractivity contribution < 1.29 is 104 Å². The lowest BCUT2D eigenvalue weighted by atomic mass is 9.32. The fourth-order valence-corrected chi connectivity index (χ4v) is 15.9. The number of carbonyl (C=O) groups excluding carboxylic acids is 1. The van der Waals surface area contributed by atoms with E-state index in [9.17, 15) is 70.9 Å². The number of hydrogen-bond acceptors (Lipinski definition) is 20. The number of allylic oxidation sites excluding steroid dienone is 2. The molecule has 21 heteroatoms. The number of aliphatic hydroxyl groups excluding tert-OH is 11. The maximum atomic E-state index is 13.3. The first-order valence-corrected chi connectivity index (χ1v) is 26.4. The number of ether oxygens (including phenoxy) is 7. The third kappa shape index (κ3) is 9.06. The van der Waals surface area contributed by atoms with Crippen LogP contribution in [0.1, 0.15) is 114 Å². The number of carboxylic acid groups (broad SMARTS) is 1. The second-order valence-electron chi connectivity index (χ2n) is 25.4. The lowest BCUT2D eigenvalue weighted by Crippen LogP contribution is -2.74. The molecule has 8 rings (SSSR count). The average molecular weight is 1060 g/mol. The highest BCUT2D eigenvalue weighted by Crippen LogP contribution is 2.76. The minimum absolute atomic E-state index is 0.0573. The molecule has 0 radical (unpaired) electrons. The molecule has 0 aromatic heterocycles. The van der Waals surface area contributed by atoms with E-state index in [1.165, 1.54) is 13.0 Å². The standard InChI is InChI=1S/C53H84O21/c1-22(2)17-31(56)70-30-19-48(4,5)18-25-24-11-12-28-50(8)15-14-29(49(6,7)27(50)13-16-51(28,9)52(24,10)42(64)43(65)53(25,30)21-55)71-47-40(73-46-37(62)35(60)33(58)26(20-54)69-46)38(63)39(41(74-47)44(66)67)72-45-36(61)34(59)32(57)23(3)68-45/h11,17,23,25-30,32-43,45-47,54-55,57-65H,12-16,18-21H2,1-10H3,(H,66,67)/t23-,25?,26+,27-,28+,29-,30-,32-,33+,34+,35-,36+,37+,38-,39-,40+,41-,42-,43+,45-,46-,47+,50-,51+,52-,53+/m0/s1. The van der Waals surface area contributed by atoms with Crippen molar-refractivity contribution in [3.63, 3.8) is 0 Å². The van der Waals surface area contributed by atoms with E-state index < -0.39 is 175 Å². The fraction of sp³-hybridized carbons (Fsp3) is 0.887. The van der Waals surface area contributed by atoms with Gasteiger partial charge in [0.15, 0.2) is 25.0 Å². The molecular weight excluding hydrogens is 973 g/mol. The second kappa shape index (κ2) is 20.4. The van der Waals surface area contributed by atoms with Crippen LogP contribution in [-0.4, -0.2) is 203 Å². The van der Waals surface area contributed by atoms with Gasteiger partial charge in [-0.3, -0.25) is 0 Å². The van der Waals surface area contributed by atoms with E-state index in [2.05, 4.69) is 33.8 Å². The lowest BCUT2D eigenvalue weighted by Gasteiger charge is -2.73. The molecule has 4 saturated carbocycles. The van der Waals surface area contributed by atoms with Crippen LogP contribution >= 0.6 is 0 Å². The molecule has 8 aliphatic rings. The van der Waals surface area contributed by atoms with Gasteiger partial charge < -0.3 is 94.4 Å². The van der Waals surface area contributed by atoms with Gasteiger partial charge >= 0.3 is 11.9 Å². The molecule has 0 spiro atoms. The second-order valence-corrected chi connectivity index (χ2v) is 25.4. The quantitative estimate of drug-likeness (QED) is 0.0568. The summed E-state index contributed by atoms with van der Waals surface area (Å²) in [5.41, 5.74) is -2.77. The van der Waals surface area contributed by atoms with E-state index in [0.717, 1.165) is 11.1 Å². The van der Waals surface area contributed by atoms with Gasteiger partial charge in [0.25, 0.3) is 0 Å². The third-order valence-electron chi connectivity index (χ3n) is 20.1. The summed E-state index contributed by atoms with van der Waals surface area (Å²) in [6, 6.07) is 0. The van der Waals surface area contributed by atoms with Gasteiger partial charge in [0.1, 0.15) is 67.1 Å². The summed E-state index contributed by atoms with van der Waals surface area (Å²) in [7, 11) is 0. The van der Waals surface area contributed by atoms with E-state index in [0.29, 0.717) is 44.9 Å². The van der Waals surface area contributed by atoms with Gasteiger partial charge in [-0.25, -0.2) is 9.59 Å². The highest BCUT2D eigenvalue weighted by Gasteiger charge is 2.75. The van der Waals surface area contributed by atoms with E-state index in [1.54, 1.807) is 13.8 Å². The zero-order valence-corrected chi connectivity index (χ0v) is 44.3. The van der Waals surface area contributed by atoms with Gasteiger partial charge in [-0.2, -0.15) is 0 Å². The van der Waals surface area contributed by atoms with Crippen LogP contribution in [0.4, 0.5) is 0 Å². The van der Waals surface area contributed by atoms with Gasteiger partial charge in [0, 0.05) is 11.5 Å². The van der Waals surface area contributed by atoms with Gasteiger partial charge in [0.2, 0.25) is 0 Å². The first kappa shape index (κ1) is 57.9. The molecule has 3 aliphatic heterocycles. The van der Waals surface area contributed by atoms with Crippen LogP contribution in [0.2, 0.25) is 0 Å². The minimum atomic E-state index is -2.05. The number of aliphatic carboxylic acids is 1. The molecule has 0 amide bonds. The maximum absolute atomic E-state index is 13.3. The number of carboxylic acids is 1. The first-order chi connectivity index (χ1) is 34.4. The van der Waals surface area contributed by atoms with Crippen LogP contribution in [0.5, 0.6) is 0 Å². The molecular formula is C53H84O21. The molecule has 3 saturated heterocycles. The van der Waals surface area contributed by atoms with Crippen molar-refractivity contribution in [1.29, 1.82) is 0 Å². The SMILES string of the molecule is CC(C)=CC(=O)O[C@H]1CC(C)(C)CC2C3=CC[C@@H]4[C@@]5(C)CC[C@H](O[C@@H]6O[C@H](C(=O)O)[C@@H](O[C@@H]7O[C@@H](C)[C@H](O)[C@@H](O)[C@H]7O)[C@H](O)[C@H]6O[C@@H]6O[C@H](CO)[C@@H](O)[C@H](O)[C@H]6O)C(C)(C)[C@@H]5CC[C@@]4(C)[C@]3(C)[C@@H](O)[C@@H](O)[C@]21CO. The molecule has 422 valence electrons. The van der Waals surface area contributed by atoms with E-state index in [1.807, 2.05) is 20.8 Å². The zero-order valence-electron chi connectivity index (χ0n) is 44.3. The van der Waals surface area contributed by atoms with Crippen molar-refractivity contribution in [3.05, 3.63) is 23.3 Å². The van der Waals surface area contributed by atoms with E-state index in [-0.39, 0.29) is 17.3 Å². The number of fused-ring (bicyclic) bond motifs is 7. The predicted molar refractivity (Wildman–Crippen MR) is 257 cm³/mol. The topological polar surface area (TPSA) is 342 Å². The van der Waals surface area contributed by atoms with Gasteiger partial charge in [-0.15, -0.1) is 0 Å². The molecule has 26 atom stereocenters. The van der Waals surface area contributed by atoms with Crippen LogP contribution in [-0.2, 0) is 42.7 Å². The van der Waals surface area contributed by atoms with Gasteiger partial charge in [-0.05, 0) is 105 Å². The molecule has 0 aromatic rings. The molecule has 0 aromatic carbocycles. The average Bonchev–Trinajstić information content (AvgIpc) is 3.31. The summed E-state index contributed by atoms with van der Waals surface area (Å²) in [4.78, 5) is 26.3. The number of rotatable bonds is 11. The molecule has 5 aliphatic carbocycles. The largest absolute Gasteiger partial charge is 0.479 e. The summed E-state index contributed by atoms with van der Waals surface area (Å²) < 4.78 is 42.4. The molecule has 1 unspecified atom stereocenters. The Morgan fingerprint density at radius 1 is 0.689 bits per heavy atom. The maximum Gasteiger partial charge on any atom is 0.335 e. The number of aliphatic hydroxyl groups is 11. The molecule has 74 heavy (non-hydrogen) atoms. The normalized spacial score (nSPS) is 51.7. The van der Waals surface area contributed by atoms with E-state index in [4.69, 9.17) is 33.2 Å². The lowest BCUT2D eigenvalue weighted by molar-refractivity contribution is -0.390. The summed E-state index contributed by atoms with van der Waals surface area (Å²) in [5.74, 6) is -2.77. The Kier molecular flexibility index (Phi) is 16.0. The summed E-state index contributed by atoms with van der Waals surface area (Å²) >= 11 is 0. The molecule has 3 heterocycles. The van der Waals surface area contributed by atoms with Crippen LogP contribution in [0.3, 0.4) is 0 Å². The smallest absolute Gasteiger partial charge is 0.335 e. The Hall–Kier alpha value is -2.26. The van der Waals surface area contributed by atoms with Crippen molar-refractivity contribution in [2.75, 3.05) is 13.2 Å². The highest BCUT2D eigenvalue weighted by molar-refractivity contribution is 5.82. The van der Waals surface area contributed by atoms with Crippen molar-refractivity contribution in [1.82, 2.24) is 0 Å². The summed E-state index contributed by atoms with van der Waals surface area (Å²) in [6.45, 7) is 18.4. The van der Waals surface area contributed by atoms with Crippen LogP contribution in [0.25, 0.3) is 0 Å². The van der Waals surface area contributed by atoms with Crippen LogP contribution in [0, 0.1) is 50.2 Å². The Bertz CT molecular complexity index is 2130. The Morgan fingerprint density at radius 2 is 1.31 bits per heavy atom. The molecule has 0 bridgehead atoms. The van der Waals surface area contributed by atoms with E-state index >= 15 is 0 Å². The van der Waals surface area contributed by atoms with Crippen molar-refractivity contribution >= 4 is 11.9 Å². The third-order valence-corrected chi connectivity index (χ3v) is 20.1. The number of carbonyl (C=O) groups is 2. The summed E-state index contributed by atoms with van der Waals surface area (Å²) in [6.07, 6.45) is -23.7. The number of hydrogen-bond donors (Lipinski definition) is 12. The van der Waals surface area contributed by atoms with Gasteiger partial charge in [0.05, 0.1) is 43.0 Å². The monoisotopic (exact) mass is 1060 g/mol. The minimum Gasteiger partial charge on any atom is -0.479 e. The first-order valence-electron chi connectivity index (χ1n) is 26.4. The Balaban J connectivity index is 1.10. The number of esters is 1. The van der Waals surface area contributed by atoms with Crippen LogP contribution in [0.15, 0.2) is 23.3 Å². The highest BCUT2D eigenvalue weighted by atomic mass is 16.8. The van der Waals surface area contributed by atoms with Crippen molar-refractivity contribution in [2.24, 2.45) is 50.2 Å². The summed E-state index contributed by atoms with van der Waals surface area (Å²) in [5, 5.41) is 134. The molecule has 12 N–H and O–H groups in total. The Morgan fingerprint density at radius 3 is 1.92 bits per heavy atom. The van der Waals surface area contributed by atoms with Crippen molar-refractivity contribution in [2.45, 2.75) is 231 Å². The van der Waals surface area contributed by atoms with Crippen LogP contribution < -0.4 is 0 Å². The van der Waals surface area contributed by atoms with Gasteiger partial charge in [-0.1, -0.05) is 65.7 Å². The fourth-order valence-electron chi connectivity index (χ4n) is 15.9. The molecule has 21 nitrogen and oxygen atoms in total. The molecule has 7 fully saturated rings. The predicted octanol–water partition coefficient (Wildman–Crippen LogP) is 0.163.